The molecule has 0 fully saturated rings. The summed E-state index contributed by atoms with van der Waals surface area (Å²) < 4.78 is 4.85. The molecule has 0 aliphatic carbocycles. The summed E-state index contributed by atoms with van der Waals surface area (Å²) in [6.07, 6.45) is 0. The van der Waals surface area contributed by atoms with Crippen LogP contribution in [0.25, 0.3) is 104 Å². The van der Waals surface area contributed by atoms with Crippen LogP contribution < -0.4 is 0 Å². The van der Waals surface area contributed by atoms with Gasteiger partial charge < -0.3 is 0 Å². The SMILES string of the molecule is c1ccc(-c2nc(-c3ccccc3)nc(-n3c4ccc(-c5cccc(-c6cccc7c6sc6ccccc67)c5)cc4c4c5ccccc5ccc43)n2)cc1. The maximum absolute atomic E-state index is 5.16. The van der Waals surface area contributed by atoms with Crippen LogP contribution in [0.2, 0.25) is 0 Å². The maximum Gasteiger partial charge on any atom is 0.238 e. The third-order valence-corrected chi connectivity index (χ3v) is 11.7. The lowest BCUT2D eigenvalue weighted by Crippen LogP contribution is -2.06. The Kier molecular flexibility index (Phi) is 7.00. The molecule has 11 aromatic rings. The molecule has 0 amide bonds. The molecule has 0 saturated carbocycles. The molecule has 4 nitrogen and oxygen atoms in total. The highest BCUT2D eigenvalue weighted by molar-refractivity contribution is 7.26. The molecule has 0 atom stereocenters. The highest BCUT2D eigenvalue weighted by atomic mass is 32.1. The predicted molar refractivity (Wildman–Crippen MR) is 226 cm³/mol. The summed E-state index contributed by atoms with van der Waals surface area (Å²) in [4.78, 5) is 15.3. The van der Waals surface area contributed by atoms with E-state index >= 15 is 0 Å². The van der Waals surface area contributed by atoms with Crippen LogP contribution in [0.1, 0.15) is 0 Å². The molecule has 3 heterocycles. The summed E-state index contributed by atoms with van der Waals surface area (Å²) in [6, 6.07) is 64.5. The van der Waals surface area contributed by atoms with E-state index in [2.05, 4.69) is 150 Å². The van der Waals surface area contributed by atoms with Gasteiger partial charge in [0.2, 0.25) is 5.95 Å². The number of nitrogens with zero attached hydrogens (tertiary/aromatic N) is 4. The van der Waals surface area contributed by atoms with Gasteiger partial charge in [-0.15, -0.1) is 11.3 Å². The van der Waals surface area contributed by atoms with Gasteiger partial charge in [0.05, 0.1) is 11.0 Å². The molecular weight excluding hydrogens is 677 g/mol. The molecule has 0 spiro atoms. The lowest BCUT2D eigenvalue weighted by Gasteiger charge is -2.11. The van der Waals surface area contributed by atoms with Crippen molar-refractivity contribution in [2.24, 2.45) is 0 Å². The Balaban J connectivity index is 1.14. The number of benzene rings is 8. The van der Waals surface area contributed by atoms with Crippen LogP contribution in [0.3, 0.4) is 0 Å². The number of thiophene rings is 1. The quantitative estimate of drug-likeness (QED) is 0.179. The summed E-state index contributed by atoms with van der Waals surface area (Å²) in [5.41, 5.74) is 8.78. The Bertz CT molecular complexity index is 3160. The van der Waals surface area contributed by atoms with Crippen LogP contribution in [-0.4, -0.2) is 19.5 Å². The van der Waals surface area contributed by atoms with Crippen molar-refractivity contribution in [1.29, 1.82) is 0 Å². The van der Waals surface area contributed by atoms with Crippen LogP contribution >= 0.6 is 11.3 Å². The van der Waals surface area contributed by atoms with E-state index in [1.165, 1.54) is 53.0 Å². The summed E-state index contributed by atoms with van der Waals surface area (Å²) >= 11 is 1.87. The average Bonchev–Trinajstić information content (AvgIpc) is 3.80. The van der Waals surface area contributed by atoms with Gasteiger partial charge in [-0.05, 0) is 63.4 Å². The number of aromatic nitrogens is 4. The predicted octanol–water partition coefficient (Wildman–Crippen LogP) is 13.2. The van der Waals surface area contributed by atoms with Gasteiger partial charge in [0, 0.05) is 42.1 Å². The lowest BCUT2D eigenvalue weighted by atomic mass is 9.96. The minimum atomic E-state index is 0.587. The van der Waals surface area contributed by atoms with Gasteiger partial charge in [0.15, 0.2) is 11.6 Å². The minimum absolute atomic E-state index is 0.587. The maximum atomic E-state index is 5.16. The van der Waals surface area contributed by atoms with Crippen molar-refractivity contribution in [3.8, 4) is 51.0 Å². The molecule has 0 bridgehead atoms. The highest BCUT2D eigenvalue weighted by Gasteiger charge is 2.20. The third kappa shape index (κ3) is 4.94. The second kappa shape index (κ2) is 12.3. The van der Waals surface area contributed by atoms with Crippen molar-refractivity contribution in [3.63, 3.8) is 0 Å². The topological polar surface area (TPSA) is 43.6 Å². The molecular formula is C49H30N4S. The van der Waals surface area contributed by atoms with Gasteiger partial charge in [-0.1, -0.05) is 152 Å². The molecule has 54 heavy (non-hydrogen) atoms. The molecule has 0 radical (unpaired) electrons. The van der Waals surface area contributed by atoms with Crippen molar-refractivity contribution >= 4 is 64.1 Å². The van der Waals surface area contributed by atoms with E-state index in [0.29, 0.717) is 17.6 Å². The van der Waals surface area contributed by atoms with Crippen LogP contribution in [-0.2, 0) is 0 Å². The van der Waals surface area contributed by atoms with E-state index in [4.69, 9.17) is 15.0 Å². The fourth-order valence-electron chi connectivity index (χ4n) is 7.92. The van der Waals surface area contributed by atoms with Gasteiger partial charge >= 0.3 is 0 Å². The van der Waals surface area contributed by atoms with Gasteiger partial charge in [-0.2, -0.15) is 9.97 Å². The van der Waals surface area contributed by atoms with E-state index in [-0.39, 0.29) is 0 Å². The smallest absolute Gasteiger partial charge is 0.238 e. The number of fused-ring (bicyclic) bond motifs is 8. The first-order valence-electron chi connectivity index (χ1n) is 18.1. The summed E-state index contributed by atoms with van der Waals surface area (Å²) in [5, 5.41) is 7.34. The van der Waals surface area contributed by atoms with Gasteiger partial charge in [-0.25, -0.2) is 4.98 Å². The second-order valence-electron chi connectivity index (χ2n) is 13.6. The Hall–Kier alpha value is -6.95. The van der Waals surface area contributed by atoms with Crippen LogP contribution in [0.4, 0.5) is 0 Å². The molecule has 0 unspecified atom stereocenters. The summed E-state index contributed by atoms with van der Waals surface area (Å²) in [7, 11) is 0. The first kappa shape index (κ1) is 30.7. The molecule has 252 valence electrons. The van der Waals surface area contributed by atoms with Crippen LogP contribution in [0.15, 0.2) is 182 Å². The standard InChI is InChI=1S/C49H30N4S/c1-3-14-32(15-4-1)47-50-48(33-16-5-2-6-17-33)52-49(51-47)53-42-27-26-35(30-41(42)45-37-20-8-7-13-31(37)25-28-43(45)53)34-18-11-19-36(29-34)38-22-12-23-40-39-21-9-10-24-44(39)54-46(38)40/h1-30H. The first-order chi connectivity index (χ1) is 26.8. The number of rotatable bonds is 5. The highest BCUT2D eigenvalue weighted by Crippen LogP contribution is 2.42. The van der Waals surface area contributed by atoms with Crippen molar-refractivity contribution in [1.82, 2.24) is 19.5 Å². The van der Waals surface area contributed by atoms with Crippen molar-refractivity contribution in [2.45, 2.75) is 0 Å². The van der Waals surface area contributed by atoms with E-state index < -0.39 is 0 Å². The van der Waals surface area contributed by atoms with E-state index in [9.17, 15) is 0 Å². The summed E-state index contributed by atoms with van der Waals surface area (Å²) in [5.74, 6) is 1.86. The Morgan fingerprint density at radius 3 is 1.80 bits per heavy atom. The van der Waals surface area contributed by atoms with Gasteiger partial charge in [-0.3, -0.25) is 4.57 Å². The second-order valence-corrected chi connectivity index (χ2v) is 14.7. The van der Waals surface area contributed by atoms with Crippen LogP contribution in [0, 0.1) is 0 Å². The Morgan fingerprint density at radius 2 is 1.00 bits per heavy atom. The van der Waals surface area contributed by atoms with Crippen molar-refractivity contribution < 1.29 is 0 Å². The zero-order chi connectivity index (χ0) is 35.6. The van der Waals surface area contributed by atoms with Crippen LogP contribution in [0.5, 0.6) is 0 Å². The third-order valence-electron chi connectivity index (χ3n) is 10.5. The Labute approximate surface area is 315 Å². The van der Waals surface area contributed by atoms with E-state index in [1.54, 1.807) is 0 Å². The zero-order valence-corrected chi connectivity index (χ0v) is 29.8. The van der Waals surface area contributed by atoms with Gasteiger partial charge in [0.1, 0.15) is 0 Å². The van der Waals surface area contributed by atoms with E-state index in [1.807, 2.05) is 47.7 Å². The zero-order valence-electron chi connectivity index (χ0n) is 29.0. The molecule has 11 rings (SSSR count). The lowest BCUT2D eigenvalue weighted by molar-refractivity contribution is 0.953. The monoisotopic (exact) mass is 706 g/mol. The largest absolute Gasteiger partial charge is 0.278 e. The fourth-order valence-corrected chi connectivity index (χ4v) is 9.16. The Morgan fingerprint density at radius 1 is 0.389 bits per heavy atom. The normalized spacial score (nSPS) is 11.7. The number of hydrogen-bond donors (Lipinski definition) is 0. The van der Waals surface area contributed by atoms with Gasteiger partial charge in [0.25, 0.3) is 0 Å². The fraction of sp³-hybridized carbons (Fsp3) is 0. The van der Waals surface area contributed by atoms with Crippen molar-refractivity contribution in [2.75, 3.05) is 0 Å². The molecule has 0 N–H and O–H groups in total. The molecule has 0 saturated heterocycles. The molecule has 3 aromatic heterocycles. The molecule has 5 heteroatoms. The molecule has 0 aliphatic heterocycles. The molecule has 8 aromatic carbocycles. The van der Waals surface area contributed by atoms with E-state index in [0.717, 1.165) is 33.1 Å². The molecule has 0 aliphatic rings. The van der Waals surface area contributed by atoms with Crippen molar-refractivity contribution in [3.05, 3.63) is 182 Å². The first-order valence-corrected chi connectivity index (χ1v) is 18.9. The average molecular weight is 707 g/mol. The summed E-state index contributed by atoms with van der Waals surface area (Å²) in [6.45, 7) is 0. The minimum Gasteiger partial charge on any atom is -0.278 e. The number of hydrogen-bond acceptors (Lipinski definition) is 4.